The summed E-state index contributed by atoms with van der Waals surface area (Å²) in [5.74, 6) is 0.771. The van der Waals surface area contributed by atoms with Crippen molar-refractivity contribution in [3.05, 3.63) is 0 Å². The average Bonchev–Trinajstić information content (AvgIpc) is 2.37. The van der Waals surface area contributed by atoms with Crippen LogP contribution < -0.4 is 5.73 Å². The smallest absolute Gasteiger partial charge is 0.0116 e. The van der Waals surface area contributed by atoms with Crippen molar-refractivity contribution in [1.29, 1.82) is 0 Å². The van der Waals surface area contributed by atoms with Crippen molar-refractivity contribution in [1.82, 2.24) is 4.90 Å². The summed E-state index contributed by atoms with van der Waals surface area (Å²) in [6.07, 6.45) is 5.23. The van der Waals surface area contributed by atoms with Crippen LogP contribution in [0.4, 0.5) is 0 Å². The average molecular weight is 196 g/mol. The Hall–Kier alpha value is -0.0800. The number of piperidine rings is 1. The Bertz CT molecular complexity index is 188. The van der Waals surface area contributed by atoms with Gasteiger partial charge in [0, 0.05) is 24.2 Å². The van der Waals surface area contributed by atoms with E-state index in [0.29, 0.717) is 6.04 Å². The molecule has 3 atom stereocenters. The van der Waals surface area contributed by atoms with Crippen LogP contribution in [0, 0.1) is 5.92 Å². The predicted octanol–water partition coefficient (Wildman–Crippen LogP) is 1.98. The highest BCUT2D eigenvalue weighted by Gasteiger charge is 2.42. The molecule has 2 aliphatic rings. The molecule has 82 valence electrons. The Kier molecular flexibility index (Phi) is 2.85. The molecule has 2 heterocycles. The van der Waals surface area contributed by atoms with E-state index in [2.05, 4.69) is 25.7 Å². The molecular weight excluding hydrogens is 172 g/mol. The number of rotatable bonds is 2. The van der Waals surface area contributed by atoms with Crippen molar-refractivity contribution in [3.8, 4) is 0 Å². The summed E-state index contributed by atoms with van der Waals surface area (Å²) in [5, 5.41) is 0. The molecule has 2 nitrogen and oxygen atoms in total. The van der Waals surface area contributed by atoms with Gasteiger partial charge in [-0.05, 0) is 38.5 Å². The summed E-state index contributed by atoms with van der Waals surface area (Å²) in [5.41, 5.74) is 6.07. The Balaban J connectivity index is 2.07. The van der Waals surface area contributed by atoms with Crippen LogP contribution in [0.2, 0.25) is 0 Å². The van der Waals surface area contributed by atoms with Crippen LogP contribution in [0.15, 0.2) is 0 Å². The van der Waals surface area contributed by atoms with Crippen molar-refractivity contribution < 1.29 is 0 Å². The molecule has 0 spiro atoms. The minimum absolute atomic E-state index is 0.475. The van der Waals surface area contributed by atoms with Crippen LogP contribution in [0.3, 0.4) is 0 Å². The molecule has 3 unspecified atom stereocenters. The lowest BCUT2D eigenvalue weighted by Crippen LogP contribution is -2.52. The highest BCUT2D eigenvalue weighted by Crippen LogP contribution is 2.37. The van der Waals surface area contributed by atoms with Crippen molar-refractivity contribution in [2.45, 2.75) is 70.6 Å². The maximum absolute atomic E-state index is 6.07. The van der Waals surface area contributed by atoms with E-state index >= 15 is 0 Å². The van der Waals surface area contributed by atoms with Gasteiger partial charge in [0.1, 0.15) is 0 Å². The number of nitrogens with two attached hydrogens (primary N) is 1. The summed E-state index contributed by atoms with van der Waals surface area (Å²) in [4.78, 5) is 2.76. The van der Waals surface area contributed by atoms with E-state index in [0.717, 1.165) is 24.0 Å². The Labute approximate surface area is 87.8 Å². The van der Waals surface area contributed by atoms with Gasteiger partial charge in [-0.25, -0.2) is 0 Å². The lowest BCUT2D eigenvalue weighted by molar-refractivity contribution is 0.0635. The molecule has 0 aliphatic carbocycles. The molecule has 2 fully saturated rings. The molecule has 2 heteroatoms. The Morgan fingerprint density at radius 2 is 1.57 bits per heavy atom. The SMILES string of the molecule is CC(C)C(C)N1C2CCC1CC(N)C2. The number of hydrogen-bond donors (Lipinski definition) is 1. The first kappa shape index (κ1) is 10.4. The minimum atomic E-state index is 0.475. The summed E-state index contributed by atoms with van der Waals surface area (Å²) in [7, 11) is 0. The first-order chi connectivity index (χ1) is 6.59. The molecule has 14 heavy (non-hydrogen) atoms. The fourth-order valence-corrected chi connectivity index (χ4v) is 3.26. The molecular formula is C12H24N2. The lowest BCUT2D eigenvalue weighted by Gasteiger charge is -2.43. The first-order valence-corrected chi connectivity index (χ1v) is 6.12. The zero-order valence-electron chi connectivity index (χ0n) is 9.74. The van der Waals surface area contributed by atoms with Crippen molar-refractivity contribution in [3.63, 3.8) is 0 Å². The van der Waals surface area contributed by atoms with Crippen LogP contribution in [-0.4, -0.2) is 29.1 Å². The standard InChI is InChI=1S/C12H24N2/c1-8(2)9(3)14-11-4-5-12(14)7-10(13)6-11/h8-12H,4-7,13H2,1-3H3. The summed E-state index contributed by atoms with van der Waals surface area (Å²) in [6, 6.07) is 2.80. The molecule has 2 N–H and O–H groups in total. The van der Waals surface area contributed by atoms with Gasteiger partial charge in [0.15, 0.2) is 0 Å². The van der Waals surface area contributed by atoms with Crippen molar-refractivity contribution in [2.75, 3.05) is 0 Å². The molecule has 0 radical (unpaired) electrons. The molecule has 0 aromatic heterocycles. The van der Waals surface area contributed by atoms with E-state index in [9.17, 15) is 0 Å². The maximum atomic E-state index is 6.07. The van der Waals surface area contributed by atoms with Crippen LogP contribution in [0.5, 0.6) is 0 Å². The van der Waals surface area contributed by atoms with Crippen LogP contribution in [0.25, 0.3) is 0 Å². The lowest BCUT2D eigenvalue weighted by atomic mass is 9.93. The highest BCUT2D eigenvalue weighted by atomic mass is 15.2. The normalized spacial score (nSPS) is 40.5. The van der Waals surface area contributed by atoms with Gasteiger partial charge in [-0.3, -0.25) is 4.90 Å². The number of fused-ring (bicyclic) bond motifs is 2. The second kappa shape index (κ2) is 3.82. The number of nitrogens with zero attached hydrogens (tertiary/aromatic N) is 1. The largest absolute Gasteiger partial charge is 0.328 e. The Morgan fingerprint density at radius 3 is 2.00 bits per heavy atom. The van der Waals surface area contributed by atoms with Crippen LogP contribution >= 0.6 is 0 Å². The van der Waals surface area contributed by atoms with E-state index in [-0.39, 0.29) is 0 Å². The zero-order valence-corrected chi connectivity index (χ0v) is 9.74. The summed E-state index contributed by atoms with van der Waals surface area (Å²) >= 11 is 0. The quantitative estimate of drug-likeness (QED) is 0.732. The zero-order chi connectivity index (χ0) is 10.3. The van der Waals surface area contributed by atoms with E-state index < -0.39 is 0 Å². The Morgan fingerprint density at radius 1 is 1.07 bits per heavy atom. The van der Waals surface area contributed by atoms with Gasteiger partial charge in [-0.15, -0.1) is 0 Å². The van der Waals surface area contributed by atoms with E-state index in [1.54, 1.807) is 0 Å². The van der Waals surface area contributed by atoms with E-state index in [1.807, 2.05) is 0 Å². The van der Waals surface area contributed by atoms with Gasteiger partial charge in [-0.1, -0.05) is 13.8 Å². The molecule has 0 amide bonds. The third-order valence-electron chi connectivity index (χ3n) is 4.26. The summed E-state index contributed by atoms with van der Waals surface area (Å²) in [6.45, 7) is 7.05. The maximum Gasteiger partial charge on any atom is 0.0116 e. The second-order valence-corrected chi connectivity index (χ2v) is 5.55. The second-order valence-electron chi connectivity index (χ2n) is 5.55. The molecule has 0 aromatic carbocycles. The highest BCUT2D eigenvalue weighted by molar-refractivity contribution is 4.98. The molecule has 2 aliphatic heterocycles. The van der Waals surface area contributed by atoms with E-state index in [1.165, 1.54) is 25.7 Å². The molecule has 2 bridgehead atoms. The minimum Gasteiger partial charge on any atom is -0.328 e. The topological polar surface area (TPSA) is 29.3 Å². The van der Waals surface area contributed by atoms with Gasteiger partial charge in [0.05, 0.1) is 0 Å². The van der Waals surface area contributed by atoms with Gasteiger partial charge in [-0.2, -0.15) is 0 Å². The molecule has 0 saturated carbocycles. The third-order valence-corrected chi connectivity index (χ3v) is 4.26. The van der Waals surface area contributed by atoms with Crippen molar-refractivity contribution >= 4 is 0 Å². The fraction of sp³-hybridized carbons (Fsp3) is 1.00. The third kappa shape index (κ3) is 1.70. The predicted molar refractivity (Wildman–Crippen MR) is 60.2 cm³/mol. The first-order valence-electron chi connectivity index (χ1n) is 6.12. The van der Waals surface area contributed by atoms with Crippen molar-refractivity contribution in [2.24, 2.45) is 11.7 Å². The van der Waals surface area contributed by atoms with Gasteiger partial charge in [0.25, 0.3) is 0 Å². The van der Waals surface area contributed by atoms with Crippen LogP contribution in [-0.2, 0) is 0 Å². The number of hydrogen-bond acceptors (Lipinski definition) is 2. The molecule has 0 aromatic rings. The van der Waals surface area contributed by atoms with E-state index in [4.69, 9.17) is 5.73 Å². The fourth-order valence-electron chi connectivity index (χ4n) is 3.26. The molecule has 2 rings (SSSR count). The summed E-state index contributed by atoms with van der Waals surface area (Å²) < 4.78 is 0. The van der Waals surface area contributed by atoms with Gasteiger partial charge >= 0.3 is 0 Å². The van der Waals surface area contributed by atoms with Gasteiger partial charge < -0.3 is 5.73 Å². The molecule has 2 saturated heterocycles. The van der Waals surface area contributed by atoms with Gasteiger partial charge in [0.2, 0.25) is 0 Å². The van der Waals surface area contributed by atoms with Crippen LogP contribution in [0.1, 0.15) is 46.5 Å². The monoisotopic (exact) mass is 196 g/mol.